The number of nitrogens with two attached hydrogens (primary N) is 1. The molecule has 76 valence electrons. The molecule has 1 unspecified atom stereocenters. The van der Waals surface area contributed by atoms with E-state index in [0.29, 0.717) is 13.0 Å². The minimum absolute atomic E-state index is 0.0401. The summed E-state index contributed by atoms with van der Waals surface area (Å²) in [5.74, 6) is -0.199. The van der Waals surface area contributed by atoms with Crippen LogP contribution in [0.25, 0.3) is 0 Å². The van der Waals surface area contributed by atoms with Gasteiger partial charge in [-0.2, -0.15) is 0 Å². The molecule has 0 aliphatic carbocycles. The van der Waals surface area contributed by atoms with E-state index in [1.165, 1.54) is 0 Å². The van der Waals surface area contributed by atoms with Crippen LogP contribution in [0, 0.1) is 5.92 Å². The summed E-state index contributed by atoms with van der Waals surface area (Å²) in [7, 11) is 0. The SMILES string of the molecule is CC(N)[C@H]1CCN(C(=O)O)C[C@H]1F. The van der Waals surface area contributed by atoms with Crippen molar-refractivity contribution in [2.24, 2.45) is 11.7 Å². The highest BCUT2D eigenvalue weighted by molar-refractivity contribution is 5.65. The molecule has 1 rings (SSSR count). The third-order valence-corrected chi connectivity index (χ3v) is 2.54. The van der Waals surface area contributed by atoms with Gasteiger partial charge in [-0.1, -0.05) is 0 Å². The summed E-state index contributed by atoms with van der Waals surface area (Å²) in [6.45, 7) is 2.11. The van der Waals surface area contributed by atoms with Crippen LogP contribution in [0.15, 0.2) is 0 Å². The molecular weight excluding hydrogens is 175 g/mol. The molecule has 0 aromatic rings. The molecule has 1 saturated heterocycles. The molecular formula is C8H15FN2O2. The number of alkyl halides is 1. The summed E-state index contributed by atoms with van der Waals surface area (Å²) in [6.07, 6.45) is -1.65. The summed E-state index contributed by atoms with van der Waals surface area (Å²) < 4.78 is 13.3. The number of halogens is 1. The maximum atomic E-state index is 13.3. The van der Waals surface area contributed by atoms with E-state index in [4.69, 9.17) is 10.8 Å². The zero-order chi connectivity index (χ0) is 10.0. The summed E-state index contributed by atoms with van der Waals surface area (Å²) in [6, 6.07) is -0.203. The Morgan fingerprint density at radius 1 is 1.77 bits per heavy atom. The van der Waals surface area contributed by atoms with Gasteiger partial charge in [0.1, 0.15) is 6.17 Å². The quantitative estimate of drug-likeness (QED) is 0.638. The first-order valence-corrected chi connectivity index (χ1v) is 4.40. The van der Waals surface area contributed by atoms with Crippen molar-refractivity contribution >= 4 is 6.09 Å². The molecule has 0 radical (unpaired) electrons. The first-order chi connectivity index (χ1) is 6.02. The van der Waals surface area contributed by atoms with E-state index in [2.05, 4.69) is 0 Å². The van der Waals surface area contributed by atoms with Gasteiger partial charge in [0, 0.05) is 18.5 Å². The van der Waals surface area contributed by atoms with Crippen molar-refractivity contribution in [1.29, 1.82) is 0 Å². The van der Waals surface area contributed by atoms with Crippen molar-refractivity contribution in [3.05, 3.63) is 0 Å². The van der Waals surface area contributed by atoms with Crippen LogP contribution >= 0.6 is 0 Å². The van der Waals surface area contributed by atoms with E-state index in [1.807, 2.05) is 0 Å². The highest BCUT2D eigenvalue weighted by Gasteiger charge is 2.33. The van der Waals surface area contributed by atoms with Gasteiger partial charge in [-0.3, -0.25) is 0 Å². The van der Waals surface area contributed by atoms with E-state index in [9.17, 15) is 9.18 Å². The van der Waals surface area contributed by atoms with Gasteiger partial charge in [0.25, 0.3) is 0 Å². The van der Waals surface area contributed by atoms with Crippen LogP contribution in [0.2, 0.25) is 0 Å². The van der Waals surface area contributed by atoms with Gasteiger partial charge in [0.15, 0.2) is 0 Å². The predicted octanol–water partition coefficient (Wildman–Crippen LogP) is 0.672. The molecule has 1 aliphatic heterocycles. The molecule has 0 saturated carbocycles. The summed E-state index contributed by atoms with van der Waals surface area (Å²) in [4.78, 5) is 11.6. The monoisotopic (exact) mass is 190 g/mol. The van der Waals surface area contributed by atoms with Gasteiger partial charge in [0.05, 0.1) is 6.54 Å². The van der Waals surface area contributed by atoms with E-state index < -0.39 is 12.3 Å². The normalized spacial score (nSPS) is 31.5. The number of carbonyl (C=O) groups is 1. The van der Waals surface area contributed by atoms with Crippen LogP contribution in [0.1, 0.15) is 13.3 Å². The Balaban J connectivity index is 2.51. The Kier molecular flexibility index (Phi) is 3.08. The van der Waals surface area contributed by atoms with Crippen molar-refractivity contribution in [2.75, 3.05) is 13.1 Å². The van der Waals surface area contributed by atoms with E-state index in [0.717, 1.165) is 4.90 Å². The molecule has 13 heavy (non-hydrogen) atoms. The number of rotatable bonds is 1. The average Bonchev–Trinajstić information content (AvgIpc) is 2.03. The fraction of sp³-hybridized carbons (Fsp3) is 0.875. The molecule has 5 heteroatoms. The zero-order valence-corrected chi connectivity index (χ0v) is 7.61. The largest absolute Gasteiger partial charge is 0.465 e. The topological polar surface area (TPSA) is 66.6 Å². The number of likely N-dealkylation sites (tertiary alicyclic amines) is 1. The minimum Gasteiger partial charge on any atom is -0.465 e. The zero-order valence-electron chi connectivity index (χ0n) is 7.61. The molecule has 1 aliphatic rings. The third kappa shape index (κ3) is 2.30. The molecule has 0 aromatic heterocycles. The van der Waals surface area contributed by atoms with Crippen molar-refractivity contribution in [3.63, 3.8) is 0 Å². The summed E-state index contributed by atoms with van der Waals surface area (Å²) in [5.41, 5.74) is 5.57. The second-order valence-electron chi connectivity index (χ2n) is 3.56. The second kappa shape index (κ2) is 3.91. The van der Waals surface area contributed by atoms with Crippen LogP contribution in [0.5, 0.6) is 0 Å². The van der Waals surface area contributed by atoms with E-state index >= 15 is 0 Å². The van der Waals surface area contributed by atoms with Crippen LogP contribution < -0.4 is 5.73 Å². The molecule has 1 fully saturated rings. The van der Waals surface area contributed by atoms with Gasteiger partial charge in [-0.05, 0) is 13.3 Å². The number of amides is 1. The number of hydrogen-bond acceptors (Lipinski definition) is 2. The lowest BCUT2D eigenvalue weighted by molar-refractivity contribution is 0.0685. The molecule has 3 atom stereocenters. The lowest BCUT2D eigenvalue weighted by atomic mass is 9.89. The van der Waals surface area contributed by atoms with E-state index in [1.54, 1.807) is 6.92 Å². The van der Waals surface area contributed by atoms with Crippen molar-refractivity contribution in [2.45, 2.75) is 25.6 Å². The molecule has 4 nitrogen and oxygen atoms in total. The number of piperidine rings is 1. The van der Waals surface area contributed by atoms with Crippen LogP contribution in [0.4, 0.5) is 9.18 Å². The minimum atomic E-state index is -1.12. The maximum Gasteiger partial charge on any atom is 0.407 e. The van der Waals surface area contributed by atoms with Crippen LogP contribution in [0.3, 0.4) is 0 Å². The highest BCUT2D eigenvalue weighted by Crippen LogP contribution is 2.22. The maximum absolute atomic E-state index is 13.3. The predicted molar refractivity (Wildman–Crippen MR) is 46.3 cm³/mol. The van der Waals surface area contributed by atoms with Crippen LogP contribution in [-0.2, 0) is 0 Å². The molecule has 1 amide bonds. The smallest absolute Gasteiger partial charge is 0.407 e. The molecule has 0 spiro atoms. The molecule has 3 N–H and O–H groups in total. The lowest BCUT2D eigenvalue weighted by Gasteiger charge is -2.34. The van der Waals surface area contributed by atoms with Crippen molar-refractivity contribution in [3.8, 4) is 0 Å². The van der Waals surface area contributed by atoms with Gasteiger partial charge >= 0.3 is 6.09 Å². The van der Waals surface area contributed by atoms with Crippen molar-refractivity contribution in [1.82, 2.24) is 4.90 Å². The second-order valence-corrected chi connectivity index (χ2v) is 3.56. The average molecular weight is 190 g/mol. The summed E-state index contributed by atoms with van der Waals surface area (Å²) >= 11 is 0. The van der Waals surface area contributed by atoms with Crippen LogP contribution in [-0.4, -0.2) is 41.4 Å². The van der Waals surface area contributed by atoms with Gasteiger partial charge in [0.2, 0.25) is 0 Å². The fourth-order valence-corrected chi connectivity index (χ4v) is 1.69. The Morgan fingerprint density at radius 2 is 2.38 bits per heavy atom. The highest BCUT2D eigenvalue weighted by atomic mass is 19.1. The third-order valence-electron chi connectivity index (χ3n) is 2.54. The number of nitrogens with zero attached hydrogens (tertiary/aromatic N) is 1. The summed E-state index contributed by atoms with van der Waals surface area (Å²) in [5, 5.41) is 8.61. The Hall–Kier alpha value is -0.840. The Morgan fingerprint density at radius 3 is 2.77 bits per heavy atom. The Bertz CT molecular complexity index is 199. The standard InChI is InChI=1S/C8H15FN2O2/c1-5(10)6-2-3-11(8(12)13)4-7(6)9/h5-7H,2-4,10H2,1H3,(H,12,13)/t5?,6-,7-/m1/s1. The van der Waals surface area contributed by atoms with Gasteiger partial charge in [-0.25, -0.2) is 9.18 Å². The van der Waals surface area contributed by atoms with Gasteiger partial charge < -0.3 is 15.7 Å². The first kappa shape index (κ1) is 10.2. The fourth-order valence-electron chi connectivity index (χ4n) is 1.69. The molecule has 1 heterocycles. The van der Waals surface area contributed by atoms with E-state index in [-0.39, 0.29) is 18.5 Å². The van der Waals surface area contributed by atoms with Crippen molar-refractivity contribution < 1.29 is 14.3 Å². The number of hydrogen-bond donors (Lipinski definition) is 2. The molecule has 0 bridgehead atoms. The Labute approximate surface area is 76.5 Å². The number of carboxylic acid groups (broad SMARTS) is 1. The molecule has 0 aromatic carbocycles. The lowest BCUT2D eigenvalue weighted by Crippen LogP contribution is -2.49. The van der Waals surface area contributed by atoms with Gasteiger partial charge in [-0.15, -0.1) is 0 Å². The first-order valence-electron chi connectivity index (χ1n) is 4.40.